The van der Waals surface area contributed by atoms with E-state index in [-0.39, 0.29) is 17.3 Å². The molecule has 0 aliphatic carbocycles. The molecule has 0 bridgehead atoms. The quantitative estimate of drug-likeness (QED) is 0.872. The molecular weight excluding hydrogens is 229 g/mol. The molecule has 0 saturated heterocycles. The number of hydrogen-bond donors (Lipinski definition) is 1. The van der Waals surface area contributed by atoms with Gasteiger partial charge in [-0.15, -0.1) is 0 Å². The summed E-state index contributed by atoms with van der Waals surface area (Å²) in [4.78, 5) is 2.14. The van der Waals surface area contributed by atoms with Gasteiger partial charge in [0, 0.05) is 13.1 Å². The molecule has 1 aromatic carbocycles. The van der Waals surface area contributed by atoms with E-state index in [1.165, 1.54) is 12.1 Å². The zero-order valence-electron chi connectivity index (χ0n) is 11.8. The minimum atomic E-state index is -0.298. The minimum absolute atomic E-state index is 0.0727. The minimum Gasteiger partial charge on any atom is -0.393 e. The highest BCUT2D eigenvalue weighted by Gasteiger charge is 2.21. The van der Waals surface area contributed by atoms with Crippen LogP contribution in [0.5, 0.6) is 0 Å². The van der Waals surface area contributed by atoms with Crippen LogP contribution in [0, 0.1) is 11.2 Å². The lowest BCUT2D eigenvalue weighted by molar-refractivity contribution is 0.0473. The third-order valence-electron chi connectivity index (χ3n) is 3.15. The van der Waals surface area contributed by atoms with E-state index in [0.717, 1.165) is 25.1 Å². The van der Waals surface area contributed by atoms with Gasteiger partial charge in [0.05, 0.1) is 6.10 Å². The van der Waals surface area contributed by atoms with Crippen molar-refractivity contribution in [2.45, 2.75) is 39.8 Å². The van der Waals surface area contributed by atoms with Gasteiger partial charge >= 0.3 is 0 Å². The predicted molar refractivity (Wildman–Crippen MR) is 72.8 cm³/mol. The highest BCUT2D eigenvalue weighted by Crippen LogP contribution is 2.21. The molecule has 0 fully saturated rings. The lowest BCUT2D eigenvalue weighted by Crippen LogP contribution is -2.30. The SMILES string of the molecule is CN(CCC(O)C(C)(C)C)Cc1ccc(F)cc1. The fraction of sp³-hybridized carbons (Fsp3) is 0.600. The molecule has 0 amide bonds. The normalized spacial score (nSPS) is 13.9. The molecule has 1 aromatic rings. The van der Waals surface area contributed by atoms with Crippen molar-refractivity contribution in [2.75, 3.05) is 13.6 Å². The Kier molecular flexibility index (Phi) is 5.29. The van der Waals surface area contributed by atoms with E-state index in [4.69, 9.17) is 0 Å². The van der Waals surface area contributed by atoms with Crippen molar-refractivity contribution >= 4 is 0 Å². The Balaban J connectivity index is 2.38. The smallest absolute Gasteiger partial charge is 0.123 e. The van der Waals surface area contributed by atoms with Crippen LogP contribution in [0.4, 0.5) is 4.39 Å². The molecule has 0 heterocycles. The van der Waals surface area contributed by atoms with Crippen molar-refractivity contribution in [1.29, 1.82) is 0 Å². The molecule has 0 radical (unpaired) electrons. The zero-order chi connectivity index (χ0) is 13.8. The molecular formula is C15H24FNO. The maximum absolute atomic E-state index is 12.8. The van der Waals surface area contributed by atoms with Gasteiger partial charge in [-0.05, 0) is 36.6 Å². The van der Waals surface area contributed by atoms with Crippen LogP contribution in [-0.2, 0) is 6.54 Å². The number of nitrogens with zero attached hydrogens (tertiary/aromatic N) is 1. The van der Waals surface area contributed by atoms with E-state index >= 15 is 0 Å². The first-order chi connectivity index (χ1) is 8.29. The summed E-state index contributed by atoms with van der Waals surface area (Å²) < 4.78 is 12.8. The number of benzene rings is 1. The Bertz CT molecular complexity index is 356. The molecule has 102 valence electrons. The van der Waals surface area contributed by atoms with Gasteiger partial charge in [0.25, 0.3) is 0 Å². The van der Waals surface area contributed by atoms with Crippen LogP contribution >= 0.6 is 0 Å². The van der Waals surface area contributed by atoms with Crippen LogP contribution in [0.1, 0.15) is 32.8 Å². The van der Waals surface area contributed by atoms with Crippen molar-refractivity contribution in [1.82, 2.24) is 4.90 Å². The molecule has 1 atom stereocenters. The molecule has 3 heteroatoms. The van der Waals surface area contributed by atoms with Gasteiger partial charge in [0.2, 0.25) is 0 Å². The van der Waals surface area contributed by atoms with Crippen LogP contribution in [0.3, 0.4) is 0 Å². The summed E-state index contributed by atoms with van der Waals surface area (Å²) in [6.45, 7) is 7.72. The first-order valence-electron chi connectivity index (χ1n) is 6.40. The second kappa shape index (κ2) is 6.30. The number of halogens is 1. The molecule has 0 spiro atoms. The van der Waals surface area contributed by atoms with Gasteiger partial charge in [-0.3, -0.25) is 0 Å². The number of aliphatic hydroxyl groups excluding tert-OH is 1. The molecule has 2 nitrogen and oxygen atoms in total. The first-order valence-corrected chi connectivity index (χ1v) is 6.40. The summed E-state index contributed by atoms with van der Waals surface area (Å²) >= 11 is 0. The highest BCUT2D eigenvalue weighted by atomic mass is 19.1. The second-order valence-electron chi connectivity index (χ2n) is 6.03. The second-order valence-corrected chi connectivity index (χ2v) is 6.03. The van der Waals surface area contributed by atoms with Crippen LogP contribution in [-0.4, -0.2) is 29.7 Å². The monoisotopic (exact) mass is 253 g/mol. The van der Waals surface area contributed by atoms with Crippen molar-refractivity contribution in [3.8, 4) is 0 Å². The lowest BCUT2D eigenvalue weighted by Gasteiger charge is -2.27. The van der Waals surface area contributed by atoms with E-state index in [1.807, 2.05) is 27.8 Å². The summed E-state index contributed by atoms with van der Waals surface area (Å²) in [5.74, 6) is -0.204. The number of aliphatic hydroxyl groups is 1. The van der Waals surface area contributed by atoms with Crippen LogP contribution in [0.25, 0.3) is 0 Å². The first kappa shape index (κ1) is 15.1. The average Bonchev–Trinajstić information content (AvgIpc) is 2.28. The van der Waals surface area contributed by atoms with Crippen molar-refractivity contribution in [2.24, 2.45) is 5.41 Å². The van der Waals surface area contributed by atoms with Gasteiger partial charge in [0.1, 0.15) is 5.82 Å². The molecule has 1 rings (SSSR count). The third kappa shape index (κ3) is 5.15. The summed E-state index contributed by atoms with van der Waals surface area (Å²) in [6, 6.07) is 6.55. The van der Waals surface area contributed by atoms with E-state index in [0.29, 0.717) is 0 Å². The predicted octanol–water partition coefficient (Wildman–Crippen LogP) is 3.05. The molecule has 0 aromatic heterocycles. The Morgan fingerprint density at radius 1 is 1.22 bits per heavy atom. The molecule has 0 saturated carbocycles. The van der Waals surface area contributed by atoms with Gasteiger partial charge < -0.3 is 10.0 Å². The van der Waals surface area contributed by atoms with E-state index in [9.17, 15) is 9.50 Å². The Labute approximate surface area is 109 Å². The number of rotatable bonds is 5. The van der Waals surface area contributed by atoms with Gasteiger partial charge in [0.15, 0.2) is 0 Å². The average molecular weight is 253 g/mol. The summed E-state index contributed by atoms with van der Waals surface area (Å²) in [5, 5.41) is 9.96. The topological polar surface area (TPSA) is 23.5 Å². The standard InChI is InChI=1S/C15H24FNO/c1-15(2,3)14(18)9-10-17(4)11-12-5-7-13(16)8-6-12/h5-8,14,18H,9-11H2,1-4H3. The molecule has 1 unspecified atom stereocenters. The van der Waals surface area contributed by atoms with Crippen molar-refractivity contribution in [3.63, 3.8) is 0 Å². The largest absolute Gasteiger partial charge is 0.393 e. The van der Waals surface area contributed by atoms with Crippen LogP contribution in [0.15, 0.2) is 24.3 Å². The summed E-state index contributed by atoms with van der Waals surface area (Å²) in [7, 11) is 2.01. The van der Waals surface area contributed by atoms with Crippen molar-refractivity contribution in [3.05, 3.63) is 35.6 Å². The Morgan fingerprint density at radius 3 is 2.28 bits per heavy atom. The lowest BCUT2D eigenvalue weighted by atomic mass is 9.87. The van der Waals surface area contributed by atoms with Gasteiger partial charge in [-0.2, -0.15) is 0 Å². The molecule has 0 aliphatic heterocycles. The third-order valence-corrected chi connectivity index (χ3v) is 3.15. The van der Waals surface area contributed by atoms with E-state index in [1.54, 1.807) is 12.1 Å². The van der Waals surface area contributed by atoms with E-state index in [2.05, 4.69) is 4.90 Å². The molecule has 1 N–H and O–H groups in total. The highest BCUT2D eigenvalue weighted by molar-refractivity contribution is 5.15. The fourth-order valence-corrected chi connectivity index (χ4v) is 1.76. The van der Waals surface area contributed by atoms with Crippen LogP contribution in [0.2, 0.25) is 0 Å². The van der Waals surface area contributed by atoms with Gasteiger partial charge in [-0.1, -0.05) is 32.9 Å². The molecule has 0 aliphatic rings. The number of hydrogen-bond acceptors (Lipinski definition) is 2. The zero-order valence-corrected chi connectivity index (χ0v) is 11.8. The Hall–Kier alpha value is -0.930. The van der Waals surface area contributed by atoms with Crippen molar-refractivity contribution < 1.29 is 9.50 Å². The fourth-order valence-electron chi connectivity index (χ4n) is 1.76. The Morgan fingerprint density at radius 2 is 1.78 bits per heavy atom. The van der Waals surface area contributed by atoms with Crippen LogP contribution < -0.4 is 0 Å². The summed E-state index contributed by atoms with van der Waals surface area (Å²) in [5.41, 5.74) is 1.01. The maximum Gasteiger partial charge on any atom is 0.123 e. The molecule has 18 heavy (non-hydrogen) atoms. The van der Waals surface area contributed by atoms with Gasteiger partial charge in [-0.25, -0.2) is 4.39 Å². The van der Waals surface area contributed by atoms with E-state index < -0.39 is 0 Å². The maximum atomic E-state index is 12.8. The summed E-state index contributed by atoms with van der Waals surface area (Å²) in [6.07, 6.45) is 0.453.